The van der Waals surface area contributed by atoms with E-state index in [0.717, 1.165) is 85.9 Å². The fourth-order valence-electron chi connectivity index (χ4n) is 5.03. The molecule has 0 saturated carbocycles. The number of anilines is 2. The van der Waals surface area contributed by atoms with Crippen LogP contribution < -0.4 is 16.0 Å². The maximum absolute atomic E-state index is 5.67. The molecule has 10 heteroatoms. The minimum Gasteiger partial charge on any atom is -0.378 e. The van der Waals surface area contributed by atoms with Crippen LogP contribution >= 0.6 is 0 Å². The van der Waals surface area contributed by atoms with Crippen molar-refractivity contribution < 1.29 is 4.74 Å². The summed E-state index contributed by atoms with van der Waals surface area (Å²) in [6, 6.07) is 2.19. The summed E-state index contributed by atoms with van der Waals surface area (Å²) >= 11 is 0. The quantitative estimate of drug-likeness (QED) is 0.613. The molecule has 0 spiro atoms. The molecule has 10 nitrogen and oxygen atoms in total. The first kappa shape index (κ1) is 18.9. The third kappa shape index (κ3) is 3.60. The van der Waals surface area contributed by atoms with E-state index in [0.29, 0.717) is 13.2 Å². The third-order valence-electron chi connectivity index (χ3n) is 6.62. The average molecular weight is 422 g/mol. The molecule has 3 N–H and O–H groups in total. The Morgan fingerprint density at radius 3 is 2.58 bits per heavy atom. The lowest BCUT2D eigenvalue weighted by molar-refractivity contribution is 0.122. The Kier molecular flexibility index (Phi) is 4.70. The topological polar surface area (TPSA) is 110 Å². The van der Waals surface area contributed by atoms with E-state index in [2.05, 4.69) is 31.2 Å². The monoisotopic (exact) mass is 421 g/mol. The Bertz CT molecular complexity index is 1060. The highest BCUT2D eigenvalue weighted by Gasteiger charge is 2.36. The van der Waals surface area contributed by atoms with Gasteiger partial charge in [-0.1, -0.05) is 0 Å². The van der Waals surface area contributed by atoms with E-state index in [1.807, 2.05) is 10.7 Å². The summed E-state index contributed by atoms with van der Waals surface area (Å²) in [5.74, 6) is 2.74. The molecular weight excluding hydrogens is 394 g/mol. The van der Waals surface area contributed by atoms with E-state index in [9.17, 15) is 0 Å². The number of ether oxygens (including phenoxy) is 1. The zero-order valence-corrected chi connectivity index (χ0v) is 17.4. The van der Waals surface area contributed by atoms with Crippen LogP contribution in [0, 0.1) is 11.8 Å². The number of nitrogens with two attached hydrogens (primary N) is 1. The van der Waals surface area contributed by atoms with E-state index < -0.39 is 0 Å². The van der Waals surface area contributed by atoms with Crippen LogP contribution in [0.2, 0.25) is 0 Å². The molecule has 0 unspecified atom stereocenters. The summed E-state index contributed by atoms with van der Waals surface area (Å²) < 4.78 is 7.51. The van der Waals surface area contributed by atoms with Gasteiger partial charge in [0.05, 0.1) is 30.8 Å². The highest BCUT2D eigenvalue weighted by atomic mass is 16.5. The molecule has 0 aliphatic carbocycles. The second-order valence-corrected chi connectivity index (χ2v) is 8.72. The number of likely N-dealkylation sites (tertiary alicyclic amines) is 1. The summed E-state index contributed by atoms with van der Waals surface area (Å²) in [5.41, 5.74) is 9.38. The van der Waals surface area contributed by atoms with Gasteiger partial charge in [-0.2, -0.15) is 5.10 Å². The summed E-state index contributed by atoms with van der Waals surface area (Å²) in [5, 5.41) is 8.44. The number of hydrogen-bond acceptors (Lipinski definition) is 9. The van der Waals surface area contributed by atoms with Crippen LogP contribution in [0.15, 0.2) is 24.7 Å². The Morgan fingerprint density at radius 1 is 1.10 bits per heavy atom. The summed E-state index contributed by atoms with van der Waals surface area (Å²) in [6.45, 7) is 8.48. The van der Waals surface area contributed by atoms with Gasteiger partial charge in [0.15, 0.2) is 5.82 Å². The lowest BCUT2D eigenvalue weighted by Gasteiger charge is -2.28. The summed E-state index contributed by atoms with van der Waals surface area (Å²) in [7, 11) is 0. The zero-order valence-electron chi connectivity index (χ0n) is 17.4. The molecule has 162 valence electrons. The van der Waals surface area contributed by atoms with Crippen molar-refractivity contribution in [2.24, 2.45) is 11.8 Å². The van der Waals surface area contributed by atoms with Crippen molar-refractivity contribution in [3.8, 4) is 11.3 Å². The lowest BCUT2D eigenvalue weighted by Crippen LogP contribution is -2.37. The van der Waals surface area contributed by atoms with E-state index in [4.69, 9.17) is 20.6 Å². The number of morpholine rings is 1. The molecule has 3 aliphatic heterocycles. The Morgan fingerprint density at radius 2 is 1.84 bits per heavy atom. The maximum atomic E-state index is 5.67. The van der Waals surface area contributed by atoms with E-state index >= 15 is 0 Å². The molecular formula is C21H27N9O. The fourth-order valence-corrected chi connectivity index (χ4v) is 5.03. The minimum atomic E-state index is 0.255. The molecule has 3 aromatic heterocycles. The zero-order chi connectivity index (χ0) is 20.8. The van der Waals surface area contributed by atoms with E-state index in [1.165, 1.54) is 0 Å². The van der Waals surface area contributed by atoms with Gasteiger partial charge >= 0.3 is 0 Å². The number of nitrogen functional groups attached to an aromatic ring is 1. The number of nitrogens with one attached hydrogen (secondary N) is 1. The Labute approximate surface area is 180 Å². The SMILES string of the molecule is Nc1ncc(-c2cn3nc(CN4C[C@H]5CNC[C@H]5C4)cc3c(N3CCOCC3)n2)cn1. The number of rotatable bonds is 4. The van der Waals surface area contributed by atoms with Gasteiger partial charge in [-0.3, -0.25) is 4.90 Å². The molecule has 31 heavy (non-hydrogen) atoms. The summed E-state index contributed by atoms with van der Waals surface area (Å²) in [4.78, 5) is 18.1. The predicted octanol–water partition coefficient (Wildman–Crippen LogP) is 0.256. The molecule has 6 heterocycles. The second kappa shape index (κ2) is 7.70. The van der Waals surface area contributed by atoms with Crippen molar-refractivity contribution in [2.45, 2.75) is 6.54 Å². The standard InChI is InChI=1S/C21H27N9O/c22-21-24-8-14(9-25-21)18-13-30-19(20(26-18)29-1-3-31-4-2-29)5-17(27-30)12-28-10-15-6-23-7-16(15)11-28/h5,8-9,13,15-16,23H,1-4,6-7,10-12H2,(H2,22,24,25)/t15-,16+. The van der Waals surface area contributed by atoms with Gasteiger partial charge in [-0.25, -0.2) is 19.5 Å². The van der Waals surface area contributed by atoms with Crippen LogP contribution in [-0.2, 0) is 11.3 Å². The van der Waals surface area contributed by atoms with Gasteiger partial charge in [0, 0.05) is 50.7 Å². The maximum Gasteiger partial charge on any atom is 0.219 e. The highest BCUT2D eigenvalue weighted by molar-refractivity contribution is 5.73. The van der Waals surface area contributed by atoms with Gasteiger partial charge in [0.2, 0.25) is 5.95 Å². The molecule has 3 aliphatic rings. The number of hydrogen-bond donors (Lipinski definition) is 2. The first-order valence-corrected chi connectivity index (χ1v) is 11.0. The molecule has 2 atom stereocenters. The van der Waals surface area contributed by atoms with Crippen molar-refractivity contribution in [1.82, 2.24) is 34.8 Å². The molecule has 0 aromatic carbocycles. The number of nitrogens with zero attached hydrogens (tertiary/aromatic N) is 7. The number of fused-ring (bicyclic) bond motifs is 2. The van der Waals surface area contributed by atoms with Gasteiger partial charge in [0.1, 0.15) is 5.52 Å². The molecule has 6 rings (SSSR count). The average Bonchev–Trinajstić information content (AvgIpc) is 3.49. The van der Waals surface area contributed by atoms with E-state index in [1.54, 1.807) is 12.4 Å². The summed E-state index contributed by atoms with van der Waals surface area (Å²) in [6.07, 6.45) is 5.38. The molecule has 3 fully saturated rings. The fraction of sp³-hybridized carbons (Fsp3) is 0.524. The van der Waals surface area contributed by atoms with Crippen molar-refractivity contribution in [3.05, 3.63) is 30.4 Å². The van der Waals surface area contributed by atoms with E-state index in [-0.39, 0.29) is 5.95 Å². The normalized spacial score (nSPS) is 24.2. The lowest BCUT2D eigenvalue weighted by atomic mass is 10.0. The smallest absolute Gasteiger partial charge is 0.219 e. The van der Waals surface area contributed by atoms with Crippen LogP contribution in [0.4, 0.5) is 11.8 Å². The van der Waals surface area contributed by atoms with Crippen LogP contribution in [0.5, 0.6) is 0 Å². The minimum absolute atomic E-state index is 0.255. The molecule has 3 saturated heterocycles. The van der Waals surface area contributed by atoms with Crippen molar-refractivity contribution >= 4 is 17.3 Å². The van der Waals surface area contributed by atoms with Crippen LogP contribution in [-0.4, -0.2) is 81.9 Å². The molecule has 0 bridgehead atoms. The van der Waals surface area contributed by atoms with Gasteiger partial charge in [-0.15, -0.1) is 0 Å². The van der Waals surface area contributed by atoms with Crippen LogP contribution in [0.25, 0.3) is 16.8 Å². The third-order valence-corrected chi connectivity index (χ3v) is 6.62. The van der Waals surface area contributed by atoms with Crippen molar-refractivity contribution in [3.63, 3.8) is 0 Å². The molecule has 0 amide bonds. The Balaban J connectivity index is 1.35. The molecule has 0 radical (unpaired) electrons. The van der Waals surface area contributed by atoms with Gasteiger partial charge in [0.25, 0.3) is 0 Å². The second-order valence-electron chi connectivity index (χ2n) is 8.72. The van der Waals surface area contributed by atoms with Gasteiger partial charge in [-0.05, 0) is 31.0 Å². The first-order chi connectivity index (χ1) is 15.2. The van der Waals surface area contributed by atoms with Crippen LogP contribution in [0.3, 0.4) is 0 Å². The number of aromatic nitrogens is 5. The predicted molar refractivity (Wildman–Crippen MR) is 117 cm³/mol. The van der Waals surface area contributed by atoms with Gasteiger partial charge < -0.3 is 20.7 Å². The first-order valence-electron chi connectivity index (χ1n) is 11.0. The highest BCUT2D eigenvalue weighted by Crippen LogP contribution is 2.29. The molecule has 3 aromatic rings. The largest absolute Gasteiger partial charge is 0.378 e. The Hall–Kier alpha value is -2.82. The van der Waals surface area contributed by atoms with Crippen molar-refractivity contribution in [2.75, 3.05) is 63.1 Å². The van der Waals surface area contributed by atoms with Crippen molar-refractivity contribution in [1.29, 1.82) is 0 Å². The van der Waals surface area contributed by atoms with Crippen LogP contribution in [0.1, 0.15) is 5.69 Å².